The third-order valence-corrected chi connectivity index (χ3v) is 5.26. The molecule has 1 amide bonds. The van der Waals surface area contributed by atoms with Crippen molar-refractivity contribution < 1.29 is 4.79 Å². The highest BCUT2D eigenvalue weighted by atomic mass is 79.9. The monoisotopic (exact) mass is 426 g/mol. The van der Waals surface area contributed by atoms with Crippen LogP contribution in [-0.4, -0.2) is 25.7 Å². The number of nitrogens with zero attached hydrogens (tertiary/aromatic N) is 2. The van der Waals surface area contributed by atoms with Crippen molar-refractivity contribution in [3.8, 4) is 0 Å². The molecule has 0 radical (unpaired) electrons. The Hall–Kier alpha value is -2.60. The Morgan fingerprint density at radius 1 is 1.19 bits per heavy atom. The second-order valence-corrected chi connectivity index (χ2v) is 7.84. The van der Waals surface area contributed by atoms with E-state index in [0.717, 1.165) is 15.9 Å². The van der Waals surface area contributed by atoms with Gasteiger partial charge in [-0.1, -0.05) is 48.0 Å². The lowest BCUT2D eigenvalue weighted by Gasteiger charge is -2.23. The molecule has 2 aromatic carbocycles. The van der Waals surface area contributed by atoms with Crippen LogP contribution in [0.2, 0.25) is 0 Å². The summed E-state index contributed by atoms with van der Waals surface area (Å²) in [7, 11) is 2.05. The van der Waals surface area contributed by atoms with E-state index in [1.165, 1.54) is 11.3 Å². The minimum Gasteiger partial charge on any atom is -0.376 e. The zero-order chi connectivity index (χ0) is 19.4. The first-order valence-corrected chi connectivity index (χ1v) is 9.54. The summed E-state index contributed by atoms with van der Waals surface area (Å²) in [5.74, 6) is -0.199. The van der Waals surface area contributed by atoms with Crippen LogP contribution in [0.15, 0.2) is 69.9 Å². The quantitative estimate of drug-likeness (QED) is 0.554. The molecule has 2 aromatic rings. The van der Waals surface area contributed by atoms with Crippen LogP contribution in [0.5, 0.6) is 0 Å². The third kappa shape index (κ3) is 4.22. The molecule has 3 rings (SSSR count). The normalized spacial score (nSPS) is 16.6. The predicted octanol–water partition coefficient (Wildman–Crippen LogP) is 4.27. The van der Waals surface area contributed by atoms with Crippen LogP contribution in [0.25, 0.3) is 0 Å². The Kier molecular flexibility index (Phi) is 5.65. The van der Waals surface area contributed by atoms with Crippen molar-refractivity contribution in [3.05, 3.63) is 70.3 Å². The number of likely N-dealkylation sites (N-methyl/N-ethyl adjacent to an activating group) is 1. The van der Waals surface area contributed by atoms with E-state index in [2.05, 4.69) is 68.7 Å². The first-order valence-electron chi connectivity index (χ1n) is 8.75. The summed E-state index contributed by atoms with van der Waals surface area (Å²) in [5.41, 5.74) is 6.94. The van der Waals surface area contributed by atoms with Gasteiger partial charge in [0, 0.05) is 40.2 Å². The topological polar surface area (TPSA) is 56.7 Å². The summed E-state index contributed by atoms with van der Waals surface area (Å²) in [6.45, 7) is 4.54. The molecule has 2 N–H and O–H groups in total. The number of rotatable bonds is 5. The molecular formula is C21H23BrN4O. The summed E-state index contributed by atoms with van der Waals surface area (Å²) < 4.78 is 0.997. The summed E-state index contributed by atoms with van der Waals surface area (Å²) in [6.07, 6.45) is 3.58. The maximum absolute atomic E-state index is 11.9. The number of anilines is 2. The maximum Gasteiger partial charge on any atom is 0.259 e. The van der Waals surface area contributed by atoms with Crippen molar-refractivity contribution in [2.75, 3.05) is 23.8 Å². The number of benzene rings is 2. The van der Waals surface area contributed by atoms with Crippen molar-refractivity contribution in [2.45, 2.75) is 19.3 Å². The Balaban J connectivity index is 1.57. The van der Waals surface area contributed by atoms with Crippen molar-refractivity contribution in [2.24, 2.45) is 5.10 Å². The van der Waals surface area contributed by atoms with Crippen molar-refractivity contribution >= 4 is 39.4 Å². The molecule has 0 saturated heterocycles. The molecule has 1 heterocycles. The van der Waals surface area contributed by atoms with Gasteiger partial charge in [0.2, 0.25) is 0 Å². The van der Waals surface area contributed by atoms with Gasteiger partial charge in [0.15, 0.2) is 0 Å². The van der Waals surface area contributed by atoms with Gasteiger partial charge >= 0.3 is 0 Å². The van der Waals surface area contributed by atoms with Gasteiger partial charge in [0.25, 0.3) is 5.91 Å². The average Bonchev–Trinajstić information content (AvgIpc) is 2.85. The molecule has 0 fully saturated rings. The number of halogens is 1. The zero-order valence-electron chi connectivity index (χ0n) is 15.7. The van der Waals surface area contributed by atoms with E-state index < -0.39 is 0 Å². The summed E-state index contributed by atoms with van der Waals surface area (Å²) >= 11 is 3.38. The number of carbonyl (C=O) groups excluding carboxylic acids is 1. The molecule has 0 spiro atoms. The van der Waals surface area contributed by atoms with Crippen LogP contribution in [0.4, 0.5) is 11.4 Å². The molecule has 6 heteroatoms. The number of allylic oxidation sites excluding steroid dienone is 2. The molecule has 0 atom stereocenters. The third-order valence-electron chi connectivity index (χ3n) is 4.73. The van der Waals surface area contributed by atoms with E-state index >= 15 is 0 Å². The highest BCUT2D eigenvalue weighted by molar-refractivity contribution is 9.10. The molecule has 0 aromatic heterocycles. The molecule has 1 aliphatic heterocycles. The van der Waals surface area contributed by atoms with Crippen LogP contribution in [0, 0.1) is 0 Å². The molecule has 0 saturated carbocycles. The van der Waals surface area contributed by atoms with Crippen LogP contribution in [0.1, 0.15) is 19.4 Å². The highest BCUT2D eigenvalue weighted by Gasteiger charge is 2.37. The van der Waals surface area contributed by atoms with E-state index in [1.54, 1.807) is 6.21 Å². The fraction of sp³-hybridized carbons (Fsp3) is 0.238. The summed E-state index contributed by atoms with van der Waals surface area (Å²) in [5, 5.41) is 7.10. The fourth-order valence-electron chi connectivity index (χ4n) is 3.31. The number of amides is 1. The lowest BCUT2D eigenvalue weighted by Crippen LogP contribution is -2.26. The number of nitrogens with one attached hydrogen (secondary N) is 2. The summed E-state index contributed by atoms with van der Waals surface area (Å²) in [6, 6.07) is 16.0. The van der Waals surface area contributed by atoms with Crippen LogP contribution in [0.3, 0.4) is 0 Å². The van der Waals surface area contributed by atoms with E-state index in [0.29, 0.717) is 0 Å². The standard InChI is InChI=1S/C21H23BrN4O/c1-21(2)17-6-4-5-7-18(17)26(3)19(21)12-13-24-25-20(27)14-23-16-10-8-15(22)9-11-16/h4-13,23H,14H2,1-3H3,(H,25,27)/b19-12-,24-13-. The number of carbonyl (C=O) groups is 1. The van der Waals surface area contributed by atoms with Gasteiger partial charge in [-0.25, -0.2) is 5.43 Å². The number of hydrogen-bond acceptors (Lipinski definition) is 4. The Bertz CT molecular complexity index is 887. The molecule has 0 aliphatic carbocycles. The summed E-state index contributed by atoms with van der Waals surface area (Å²) in [4.78, 5) is 14.1. The number of hydrazone groups is 1. The maximum atomic E-state index is 11.9. The number of hydrogen-bond donors (Lipinski definition) is 2. The first kappa shape index (κ1) is 19.2. The smallest absolute Gasteiger partial charge is 0.259 e. The van der Waals surface area contributed by atoms with E-state index in [9.17, 15) is 4.79 Å². The van der Waals surface area contributed by atoms with E-state index in [-0.39, 0.29) is 17.9 Å². The SMILES string of the molecule is CN1/C(=C\C=N/NC(=O)CNc2ccc(Br)cc2)C(C)(C)c2ccccc21. The zero-order valence-corrected chi connectivity index (χ0v) is 17.2. The van der Waals surface area contributed by atoms with Crippen molar-refractivity contribution in [3.63, 3.8) is 0 Å². The van der Waals surface area contributed by atoms with E-state index in [4.69, 9.17) is 0 Å². The van der Waals surface area contributed by atoms with Crippen molar-refractivity contribution in [1.82, 2.24) is 5.43 Å². The lowest BCUT2D eigenvalue weighted by atomic mass is 9.84. The minimum atomic E-state index is -0.199. The first-order chi connectivity index (χ1) is 12.9. The predicted molar refractivity (Wildman–Crippen MR) is 115 cm³/mol. The molecule has 1 aliphatic rings. The van der Waals surface area contributed by atoms with Crippen LogP contribution >= 0.6 is 15.9 Å². The van der Waals surface area contributed by atoms with E-state index in [1.807, 2.05) is 43.5 Å². The Morgan fingerprint density at radius 2 is 1.89 bits per heavy atom. The highest BCUT2D eigenvalue weighted by Crippen LogP contribution is 2.46. The second kappa shape index (κ2) is 7.96. The van der Waals surface area contributed by atoms with Crippen molar-refractivity contribution in [1.29, 1.82) is 0 Å². The molecule has 140 valence electrons. The van der Waals surface area contributed by atoms with Gasteiger partial charge in [-0.3, -0.25) is 4.79 Å². The van der Waals surface area contributed by atoms with Gasteiger partial charge in [0.05, 0.1) is 6.54 Å². The van der Waals surface area contributed by atoms with Gasteiger partial charge in [-0.15, -0.1) is 0 Å². The minimum absolute atomic E-state index is 0.107. The molecule has 5 nitrogen and oxygen atoms in total. The second-order valence-electron chi connectivity index (χ2n) is 6.93. The molecular weight excluding hydrogens is 404 g/mol. The fourth-order valence-corrected chi connectivity index (χ4v) is 3.57. The molecule has 0 unspecified atom stereocenters. The van der Waals surface area contributed by atoms with Gasteiger partial charge < -0.3 is 10.2 Å². The molecule has 0 bridgehead atoms. The Labute approximate surface area is 168 Å². The largest absolute Gasteiger partial charge is 0.376 e. The lowest BCUT2D eigenvalue weighted by molar-refractivity contribution is -0.119. The van der Waals surface area contributed by atoms with Gasteiger partial charge in [-0.05, 0) is 42.0 Å². The average molecular weight is 427 g/mol. The number of fused-ring (bicyclic) bond motifs is 1. The molecule has 27 heavy (non-hydrogen) atoms. The van der Waals surface area contributed by atoms with Crippen LogP contribution < -0.4 is 15.6 Å². The van der Waals surface area contributed by atoms with Gasteiger partial charge in [-0.2, -0.15) is 5.10 Å². The number of para-hydroxylation sites is 1. The Morgan fingerprint density at radius 3 is 2.59 bits per heavy atom. The van der Waals surface area contributed by atoms with Crippen LogP contribution in [-0.2, 0) is 10.2 Å². The van der Waals surface area contributed by atoms with Gasteiger partial charge in [0.1, 0.15) is 0 Å².